The van der Waals surface area contributed by atoms with Gasteiger partial charge in [0.15, 0.2) is 0 Å². The van der Waals surface area contributed by atoms with Crippen LogP contribution in [0.5, 0.6) is 0 Å². The summed E-state index contributed by atoms with van der Waals surface area (Å²) in [6.45, 7) is 2.33. The molecule has 1 heterocycles. The van der Waals surface area contributed by atoms with Crippen molar-refractivity contribution in [1.82, 2.24) is 10.2 Å². The molecule has 6 atom stereocenters. The van der Waals surface area contributed by atoms with Crippen molar-refractivity contribution in [3.8, 4) is 6.07 Å². The number of nitrogens with one attached hydrogen (secondary N) is 1. The minimum atomic E-state index is -0.504. The lowest BCUT2D eigenvalue weighted by Gasteiger charge is -2.60. The van der Waals surface area contributed by atoms with Gasteiger partial charge in [0, 0.05) is 11.6 Å². The Morgan fingerprint density at radius 3 is 2.61 bits per heavy atom. The van der Waals surface area contributed by atoms with Crippen LogP contribution in [0.25, 0.3) is 0 Å². The molecule has 5 heteroatoms. The summed E-state index contributed by atoms with van der Waals surface area (Å²) in [4.78, 5) is 14.4. The minimum Gasteiger partial charge on any atom is -0.390 e. The second-order valence-corrected chi connectivity index (χ2v) is 8.69. The molecule has 5 aliphatic rings. The smallest absolute Gasteiger partial charge is 0.237 e. The number of aliphatic hydroxyl groups is 1. The summed E-state index contributed by atoms with van der Waals surface area (Å²) in [5, 5.41) is 23.6. The third-order valence-electron chi connectivity index (χ3n) is 6.75. The van der Waals surface area contributed by atoms with E-state index in [4.69, 9.17) is 0 Å². The normalized spacial score (nSPS) is 47.8. The van der Waals surface area contributed by atoms with E-state index in [1.54, 1.807) is 4.90 Å². The van der Waals surface area contributed by atoms with Gasteiger partial charge in [0.2, 0.25) is 5.91 Å². The van der Waals surface area contributed by atoms with E-state index in [1.165, 1.54) is 6.42 Å². The van der Waals surface area contributed by atoms with E-state index in [-0.39, 0.29) is 23.5 Å². The molecule has 0 spiro atoms. The van der Waals surface area contributed by atoms with Crippen LogP contribution in [0, 0.1) is 23.2 Å². The van der Waals surface area contributed by atoms with Gasteiger partial charge < -0.3 is 15.3 Å². The van der Waals surface area contributed by atoms with Crippen molar-refractivity contribution in [2.24, 2.45) is 11.8 Å². The predicted molar refractivity (Wildman–Crippen MR) is 85.3 cm³/mol. The van der Waals surface area contributed by atoms with E-state index in [0.29, 0.717) is 18.4 Å². The first-order valence-electron chi connectivity index (χ1n) is 9.10. The molecule has 0 aromatic heterocycles. The third kappa shape index (κ3) is 2.56. The van der Waals surface area contributed by atoms with Crippen LogP contribution < -0.4 is 5.32 Å². The van der Waals surface area contributed by atoms with Crippen LogP contribution in [0.3, 0.4) is 0 Å². The van der Waals surface area contributed by atoms with Crippen molar-refractivity contribution in [2.75, 3.05) is 6.54 Å². The van der Waals surface area contributed by atoms with Crippen LogP contribution >= 0.6 is 0 Å². The number of nitrogens with zero attached hydrogens (tertiary/aromatic N) is 2. The molecule has 4 aliphatic carbocycles. The van der Waals surface area contributed by atoms with Crippen LogP contribution in [0.1, 0.15) is 58.3 Å². The highest BCUT2D eigenvalue weighted by molar-refractivity contribution is 5.79. The number of hydrogen-bond acceptors (Lipinski definition) is 4. The molecule has 1 amide bonds. The van der Waals surface area contributed by atoms with Gasteiger partial charge in [0.25, 0.3) is 0 Å². The molecule has 2 N–H and O–H groups in total. The Hall–Kier alpha value is -1.12. The van der Waals surface area contributed by atoms with E-state index in [9.17, 15) is 15.2 Å². The van der Waals surface area contributed by atoms with E-state index in [0.717, 1.165) is 44.9 Å². The van der Waals surface area contributed by atoms with Gasteiger partial charge in [-0.3, -0.25) is 4.79 Å². The van der Waals surface area contributed by atoms with Crippen molar-refractivity contribution in [3.05, 3.63) is 0 Å². The van der Waals surface area contributed by atoms with Crippen molar-refractivity contribution >= 4 is 5.91 Å². The lowest BCUT2D eigenvalue weighted by Crippen LogP contribution is -2.65. The van der Waals surface area contributed by atoms with Gasteiger partial charge in [-0.15, -0.1) is 0 Å². The van der Waals surface area contributed by atoms with Gasteiger partial charge >= 0.3 is 0 Å². The summed E-state index contributed by atoms with van der Waals surface area (Å²) in [6.07, 6.45) is 7.82. The second-order valence-electron chi connectivity index (χ2n) is 8.69. The lowest BCUT2D eigenvalue weighted by molar-refractivity contribution is -0.147. The number of carbonyl (C=O) groups excluding carboxylic acids is 1. The number of carbonyl (C=O) groups is 1. The molecular weight excluding hydrogens is 290 g/mol. The van der Waals surface area contributed by atoms with Gasteiger partial charge in [-0.25, -0.2) is 0 Å². The average Bonchev–Trinajstić information content (AvgIpc) is 2.83. The molecule has 4 bridgehead atoms. The minimum absolute atomic E-state index is 0.0456. The zero-order chi connectivity index (χ0) is 16.2. The van der Waals surface area contributed by atoms with Crippen molar-refractivity contribution in [1.29, 1.82) is 5.26 Å². The molecule has 23 heavy (non-hydrogen) atoms. The Bertz CT molecular complexity index is 541. The summed E-state index contributed by atoms with van der Waals surface area (Å²) in [6, 6.07) is 2.16. The summed E-state index contributed by atoms with van der Waals surface area (Å²) >= 11 is 0. The number of hydrogen-bond donors (Lipinski definition) is 2. The van der Waals surface area contributed by atoms with Crippen molar-refractivity contribution in [3.63, 3.8) is 0 Å². The molecule has 4 saturated carbocycles. The Balaban J connectivity index is 1.43. The molecule has 1 aliphatic heterocycles. The molecule has 126 valence electrons. The van der Waals surface area contributed by atoms with Gasteiger partial charge in [0.05, 0.1) is 18.2 Å². The maximum Gasteiger partial charge on any atom is 0.237 e. The number of amides is 1. The molecule has 5 nitrogen and oxygen atoms in total. The average molecular weight is 317 g/mol. The highest BCUT2D eigenvalue weighted by Gasteiger charge is 2.57. The SMILES string of the molecule is CC1CCC(C#N)N1C(=O)CNC12C[C@@H]3C[C@@H](CC(O)(C3)C1)C2. The third-order valence-corrected chi connectivity index (χ3v) is 6.75. The fraction of sp³-hybridized carbons (Fsp3) is 0.889. The Kier molecular flexibility index (Phi) is 3.48. The van der Waals surface area contributed by atoms with Gasteiger partial charge in [-0.2, -0.15) is 5.26 Å². The van der Waals surface area contributed by atoms with E-state index < -0.39 is 5.60 Å². The van der Waals surface area contributed by atoms with Gasteiger partial charge in [0.1, 0.15) is 6.04 Å². The monoisotopic (exact) mass is 317 g/mol. The molecule has 4 unspecified atom stereocenters. The Morgan fingerprint density at radius 1 is 1.30 bits per heavy atom. The van der Waals surface area contributed by atoms with Gasteiger partial charge in [-0.1, -0.05) is 0 Å². The second kappa shape index (κ2) is 5.19. The molecule has 5 fully saturated rings. The Morgan fingerprint density at radius 2 is 2.00 bits per heavy atom. The van der Waals surface area contributed by atoms with E-state index >= 15 is 0 Å². The highest BCUT2D eigenvalue weighted by Crippen LogP contribution is 2.57. The standard InChI is InChI=1S/C18H27N3O2/c1-12-2-3-15(9-19)21(12)16(22)10-20-17-5-13-4-14(6-17)8-18(23,7-13)11-17/h12-15,20,23H,2-8,10-11H2,1H3/t12?,13-,14+,15?,17?,18?. The molecule has 5 rings (SSSR count). The molecule has 0 radical (unpaired) electrons. The Labute approximate surface area is 138 Å². The first-order chi connectivity index (χ1) is 10.9. The lowest BCUT2D eigenvalue weighted by atomic mass is 9.51. The quantitative estimate of drug-likeness (QED) is 0.828. The van der Waals surface area contributed by atoms with Crippen molar-refractivity contribution < 1.29 is 9.90 Å². The van der Waals surface area contributed by atoms with Crippen LogP contribution in [0.15, 0.2) is 0 Å². The zero-order valence-electron chi connectivity index (χ0n) is 13.9. The highest BCUT2D eigenvalue weighted by atomic mass is 16.3. The molecule has 0 aromatic rings. The van der Waals surface area contributed by atoms with E-state index in [1.807, 2.05) is 6.92 Å². The molecular formula is C18H27N3O2. The molecule has 1 saturated heterocycles. The van der Waals surface area contributed by atoms with Crippen LogP contribution in [0.2, 0.25) is 0 Å². The zero-order valence-corrected chi connectivity index (χ0v) is 13.9. The first kappa shape index (κ1) is 15.4. The maximum absolute atomic E-state index is 12.6. The van der Waals surface area contributed by atoms with Gasteiger partial charge in [-0.05, 0) is 70.1 Å². The number of rotatable bonds is 3. The van der Waals surface area contributed by atoms with Crippen molar-refractivity contribution in [2.45, 2.75) is 81.5 Å². The first-order valence-corrected chi connectivity index (χ1v) is 9.10. The summed E-state index contributed by atoms with van der Waals surface area (Å²) < 4.78 is 0. The summed E-state index contributed by atoms with van der Waals surface area (Å²) in [7, 11) is 0. The number of nitriles is 1. The molecule has 0 aromatic carbocycles. The fourth-order valence-corrected chi connectivity index (χ4v) is 6.31. The summed E-state index contributed by atoms with van der Waals surface area (Å²) in [5.41, 5.74) is -0.560. The van der Waals surface area contributed by atoms with Crippen LogP contribution in [0.4, 0.5) is 0 Å². The maximum atomic E-state index is 12.6. The van der Waals surface area contributed by atoms with Crippen LogP contribution in [-0.4, -0.2) is 45.7 Å². The fourth-order valence-electron chi connectivity index (χ4n) is 6.31. The number of likely N-dealkylation sites (tertiary alicyclic amines) is 1. The topological polar surface area (TPSA) is 76.4 Å². The predicted octanol–water partition coefficient (Wildman–Crippen LogP) is 1.56. The van der Waals surface area contributed by atoms with E-state index in [2.05, 4.69) is 11.4 Å². The largest absolute Gasteiger partial charge is 0.390 e. The summed E-state index contributed by atoms with van der Waals surface area (Å²) in [5.74, 6) is 1.27. The van der Waals surface area contributed by atoms with Crippen LogP contribution in [-0.2, 0) is 4.79 Å².